The molecule has 0 amide bonds. The van der Waals surface area contributed by atoms with Crippen LogP contribution in [-0.4, -0.2) is 83.2 Å². The molecule has 0 N–H and O–H groups in total. The first-order valence-corrected chi connectivity index (χ1v) is 9.19. The summed E-state index contributed by atoms with van der Waals surface area (Å²) < 4.78 is 149. The van der Waals surface area contributed by atoms with Crippen LogP contribution in [0.1, 0.15) is 5.56 Å². The van der Waals surface area contributed by atoms with Gasteiger partial charge in [0.15, 0.2) is 0 Å². The quantitative estimate of drug-likeness (QED) is 0.338. The Hall–Kier alpha value is -0.229. The minimum Gasteiger partial charge on any atom is -0.418 e. The van der Waals surface area contributed by atoms with E-state index in [4.69, 9.17) is 4.74 Å². The Labute approximate surface area is 196 Å². The minimum atomic E-state index is -6.00. The van der Waals surface area contributed by atoms with E-state index in [0.717, 1.165) is 11.6 Å². The van der Waals surface area contributed by atoms with Crippen LogP contribution in [0.3, 0.4) is 0 Å². The van der Waals surface area contributed by atoms with Gasteiger partial charge in [0.25, 0.3) is 0 Å². The molecule has 0 unspecified atom stereocenters. The molecule has 0 fully saturated rings. The normalized spacial score (nSPS) is 12.1. The third kappa shape index (κ3) is 56.5. The van der Waals surface area contributed by atoms with Gasteiger partial charge in [-0.3, -0.25) is 0 Å². The number of ether oxygens (including phenoxy) is 1. The average molecular weight is 497 g/mol. The summed E-state index contributed by atoms with van der Waals surface area (Å²) in [5.74, 6) is -2.82. The molecule has 1 nitrogen and oxygen atoms in total. The Bertz CT molecular complexity index is 514. The Morgan fingerprint density at radius 2 is 1.07 bits per heavy atom. The molecule has 30 heavy (non-hydrogen) atoms. The second-order valence-corrected chi connectivity index (χ2v) is 5.77. The first kappa shape index (κ1) is 34.4. The summed E-state index contributed by atoms with van der Waals surface area (Å²) in [6.07, 6.45) is 0.929. The molecule has 1 aromatic carbocycles. The molecule has 1 aromatic rings. The fraction of sp³-hybridized carbons (Fsp3) is 0.273. The molecule has 0 aliphatic rings. The van der Waals surface area contributed by atoms with E-state index in [0.29, 0.717) is 49.0 Å². The van der Waals surface area contributed by atoms with Crippen molar-refractivity contribution in [3.63, 3.8) is 0 Å². The van der Waals surface area contributed by atoms with E-state index in [1.165, 1.54) is 0.171 Å². The van der Waals surface area contributed by atoms with E-state index in [2.05, 4.69) is 0 Å². The molecule has 0 saturated heterocycles. The number of rotatable bonds is 5. The Morgan fingerprint density at radius 3 is 1.37 bits per heavy atom. The van der Waals surface area contributed by atoms with E-state index in [1.54, 1.807) is 0 Å². The standard InChI is InChI=1S/C11H11F2O.3BF4.K/c1-2-11(12,13)9-14-8-10-6-4-3-5-7-10;3*2-1(3,4)5;/h1-7H,8-9H2;;;;/q;3*-1;. The zero-order valence-electron chi connectivity index (χ0n) is 14.9. The number of halogens is 14. The number of hydrogen-bond acceptors (Lipinski definition) is 1. The van der Waals surface area contributed by atoms with Crippen molar-refractivity contribution >= 4 is 70.7 Å². The Balaban J connectivity index is -0.000000400. The summed E-state index contributed by atoms with van der Waals surface area (Å²) in [5, 5.41) is 0. The van der Waals surface area contributed by atoms with Gasteiger partial charge in [-0.05, 0) is 0 Å². The molecule has 0 aromatic heterocycles. The molecule has 0 heterocycles. The summed E-state index contributed by atoms with van der Waals surface area (Å²) in [4.78, 5) is 0. The van der Waals surface area contributed by atoms with Crippen molar-refractivity contribution in [2.75, 3.05) is 6.61 Å². The van der Waals surface area contributed by atoms with Gasteiger partial charge >= 0.3 is 146 Å². The molecule has 0 aliphatic heterocycles. The maximum absolute atomic E-state index is 12.9. The van der Waals surface area contributed by atoms with Gasteiger partial charge in [0.1, 0.15) is 0 Å². The van der Waals surface area contributed by atoms with Crippen LogP contribution in [0.25, 0.3) is 0 Å². The van der Waals surface area contributed by atoms with E-state index in [-0.39, 0.29) is 6.61 Å². The molecular weight excluding hydrogens is 486 g/mol. The maximum atomic E-state index is 12.9. The fourth-order valence-corrected chi connectivity index (χ4v) is 1.93. The van der Waals surface area contributed by atoms with Gasteiger partial charge in [0.05, 0.1) is 0 Å². The first-order chi connectivity index (χ1) is 13.1. The third-order valence-corrected chi connectivity index (χ3v) is 2.34. The summed E-state index contributed by atoms with van der Waals surface area (Å²) >= 11 is 0.315. The molecule has 0 aliphatic carbocycles. The van der Waals surface area contributed by atoms with Crippen molar-refractivity contribution in [2.24, 2.45) is 0 Å². The zero-order valence-corrected chi connectivity index (χ0v) is 18.0. The van der Waals surface area contributed by atoms with Gasteiger partial charge in [0, 0.05) is 0 Å². The summed E-state index contributed by atoms with van der Waals surface area (Å²) in [7, 11) is -18.0. The molecule has 0 saturated carbocycles. The van der Waals surface area contributed by atoms with Gasteiger partial charge in [0.2, 0.25) is 0 Å². The van der Waals surface area contributed by atoms with E-state index < -0.39 is 34.3 Å². The maximum Gasteiger partial charge on any atom is 0.673 e. The van der Waals surface area contributed by atoms with Gasteiger partial charge < -0.3 is 51.8 Å². The van der Waals surface area contributed by atoms with Gasteiger partial charge in [-0.15, -0.1) is 0 Å². The molecule has 19 heteroatoms. The molecular formula is C11H11B3F14KO-3. The smallest absolute Gasteiger partial charge is 0.418 e. The second kappa shape index (κ2) is 16.4. The van der Waals surface area contributed by atoms with E-state index in [1.807, 2.05) is 30.3 Å². The van der Waals surface area contributed by atoms with Crippen LogP contribution in [0.5, 0.6) is 0 Å². The topological polar surface area (TPSA) is 9.23 Å². The third-order valence-electron chi connectivity index (χ3n) is 1.82. The predicted molar refractivity (Wildman–Crippen MR) is 86.5 cm³/mol. The van der Waals surface area contributed by atoms with Gasteiger partial charge in [-0.1, -0.05) is 0 Å². The predicted octanol–water partition coefficient (Wildman–Crippen LogP) is 6.42. The Kier molecular flexibility index (Phi) is 18.8. The van der Waals surface area contributed by atoms with Gasteiger partial charge in [-0.25, -0.2) is 0 Å². The first-order valence-electron chi connectivity index (χ1n) is 7.39. The minimum absolute atomic E-state index is 0.232. The Morgan fingerprint density at radius 1 is 0.733 bits per heavy atom. The average Bonchev–Trinajstić information content (AvgIpc) is 2.42. The van der Waals surface area contributed by atoms with E-state index in [9.17, 15) is 60.6 Å². The van der Waals surface area contributed by atoms with Gasteiger partial charge in [-0.2, -0.15) is 0 Å². The number of alkyl halides is 2. The number of benzene rings is 1. The van der Waals surface area contributed by atoms with Crippen LogP contribution >= 0.6 is 0 Å². The van der Waals surface area contributed by atoms with Crippen LogP contribution in [0.2, 0.25) is 0 Å². The van der Waals surface area contributed by atoms with Crippen LogP contribution in [0, 0.1) is 0 Å². The summed E-state index contributed by atoms with van der Waals surface area (Å²) in [6, 6.07) is 9.29. The molecule has 172 valence electrons. The largest absolute Gasteiger partial charge is 0.673 e. The summed E-state index contributed by atoms with van der Waals surface area (Å²) in [5.41, 5.74) is 0.909. The second-order valence-electron chi connectivity index (χ2n) is 4.72. The van der Waals surface area contributed by atoms with Crippen LogP contribution in [-0.2, 0) is 11.3 Å². The van der Waals surface area contributed by atoms with Crippen molar-refractivity contribution in [1.29, 1.82) is 0 Å². The fourth-order valence-electron chi connectivity index (χ4n) is 1.17. The van der Waals surface area contributed by atoms with Crippen molar-refractivity contribution in [1.82, 2.24) is 0 Å². The number of hydrogen-bond donors (Lipinski definition) is 0. The molecule has 0 atom stereocenters. The molecule has 0 radical (unpaired) electrons. The van der Waals surface area contributed by atoms with Crippen LogP contribution < -0.4 is 0 Å². The van der Waals surface area contributed by atoms with Crippen molar-refractivity contribution < 1.29 is 65.3 Å². The van der Waals surface area contributed by atoms with Crippen molar-refractivity contribution in [2.45, 2.75) is 12.5 Å². The van der Waals surface area contributed by atoms with Crippen LogP contribution in [0.15, 0.2) is 36.6 Å². The monoisotopic (exact) mass is 497 g/mol. The van der Waals surface area contributed by atoms with Crippen molar-refractivity contribution in [3.05, 3.63) is 42.1 Å². The molecule has 1 rings (SSSR count). The zero-order chi connectivity index (χ0) is 24.6. The summed E-state index contributed by atoms with van der Waals surface area (Å²) in [6.45, 7) is -0.316. The van der Waals surface area contributed by atoms with Crippen molar-refractivity contribution in [3.8, 4) is 0 Å². The van der Waals surface area contributed by atoms with E-state index >= 15 is 0 Å². The molecule has 0 bridgehead atoms. The molecule has 0 spiro atoms. The van der Waals surface area contributed by atoms with Crippen LogP contribution in [0.4, 0.5) is 60.6 Å². The SMILES string of the molecule is FC(F)(C=[CH][K])COCc1ccccc1.F[B-](F)(F)F.F[B-](F)(F)F.F[B-](F)(F)F.